The molecule has 2 aromatic carbocycles. The van der Waals surface area contributed by atoms with Crippen LogP contribution in [0.15, 0.2) is 42.5 Å². The van der Waals surface area contributed by atoms with Gasteiger partial charge in [0.1, 0.15) is 12.7 Å². The van der Waals surface area contributed by atoms with Crippen LogP contribution < -0.4 is 14.4 Å². The number of unbranched alkanes of at least 4 members (excludes halogenated alkanes) is 3. The van der Waals surface area contributed by atoms with Gasteiger partial charge < -0.3 is 24.4 Å². The van der Waals surface area contributed by atoms with Crippen molar-refractivity contribution in [2.75, 3.05) is 57.3 Å². The van der Waals surface area contributed by atoms with Crippen LogP contribution in [0, 0.1) is 13.8 Å². The largest absolute Gasteiger partial charge is 0.486 e. The molecule has 2 aliphatic heterocycles. The molecule has 0 radical (unpaired) electrons. The lowest BCUT2D eigenvalue weighted by atomic mass is 10.1. The molecule has 2 atom stereocenters. The molecule has 216 valence electrons. The average Bonchev–Trinajstić information content (AvgIpc) is 2.95. The highest BCUT2D eigenvalue weighted by molar-refractivity contribution is 5.78. The lowest BCUT2D eigenvalue weighted by Gasteiger charge is -2.37. The Labute approximate surface area is 235 Å². The highest BCUT2D eigenvalue weighted by Crippen LogP contribution is 2.31. The first kappa shape index (κ1) is 30.9. The van der Waals surface area contributed by atoms with Gasteiger partial charge in [-0.3, -0.25) is 9.69 Å². The van der Waals surface area contributed by atoms with E-state index in [1.807, 2.05) is 61.2 Å². The number of piperazine rings is 1. The predicted molar refractivity (Wildman–Crippen MR) is 159 cm³/mol. The van der Waals surface area contributed by atoms with Gasteiger partial charge in [-0.15, -0.1) is 0 Å². The number of hydrogen-bond donors (Lipinski definition) is 1. The highest BCUT2D eigenvalue weighted by Gasteiger charge is 2.29. The van der Waals surface area contributed by atoms with Crippen molar-refractivity contribution in [3.05, 3.63) is 53.6 Å². The second kappa shape index (κ2) is 16.5. The summed E-state index contributed by atoms with van der Waals surface area (Å²) in [7, 11) is 0. The van der Waals surface area contributed by atoms with Crippen molar-refractivity contribution in [3.8, 4) is 11.5 Å². The quantitative estimate of drug-likeness (QED) is 0.300. The normalized spacial score (nSPS) is 18.1. The van der Waals surface area contributed by atoms with Gasteiger partial charge in [0.15, 0.2) is 17.6 Å². The van der Waals surface area contributed by atoms with Crippen molar-refractivity contribution in [3.63, 3.8) is 0 Å². The third-order valence-electron chi connectivity index (χ3n) is 7.55. The van der Waals surface area contributed by atoms with Crippen LogP contribution in [0.4, 0.5) is 5.69 Å². The van der Waals surface area contributed by atoms with Gasteiger partial charge in [-0.05, 0) is 56.5 Å². The van der Waals surface area contributed by atoms with Crippen LogP contribution in [0.5, 0.6) is 11.5 Å². The van der Waals surface area contributed by atoms with E-state index in [-0.39, 0.29) is 6.10 Å². The zero-order valence-corrected chi connectivity index (χ0v) is 24.5. The van der Waals surface area contributed by atoms with Crippen molar-refractivity contribution < 1.29 is 19.4 Å². The summed E-state index contributed by atoms with van der Waals surface area (Å²) in [6, 6.07) is 13.8. The minimum Gasteiger partial charge on any atom is -0.486 e. The van der Waals surface area contributed by atoms with E-state index >= 15 is 0 Å². The smallest absolute Gasteiger partial charge is 0.214 e. The summed E-state index contributed by atoms with van der Waals surface area (Å²) in [4.78, 5) is 17.7. The van der Waals surface area contributed by atoms with Gasteiger partial charge >= 0.3 is 0 Å². The Morgan fingerprint density at radius 1 is 0.923 bits per heavy atom. The van der Waals surface area contributed by atoms with Crippen LogP contribution in [-0.4, -0.2) is 85.9 Å². The number of carbonyl (C=O) groups excluding carboxylic acids is 1. The topological polar surface area (TPSA) is 65.5 Å². The van der Waals surface area contributed by atoms with E-state index in [0.29, 0.717) is 13.2 Å². The minimum atomic E-state index is -0.523. The zero-order chi connectivity index (χ0) is 28.0. The van der Waals surface area contributed by atoms with Crippen LogP contribution in [-0.2, 0) is 4.79 Å². The number of para-hydroxylation sites is 3. The predicted octanol–water partition coefficient (Wildman–Crippen LogP) is 5.06. The van der Waals surface area contributed by atoms with Gasteiger partial charge in [0.2, 0.25) is 6.41 Å². The van der Waals surface area contributed by atoms with Crippen molar-refractivity contribution in [1.29, 1.82) is 0 Å². The molecule has 4 rings (SSSR count). The molecular weight excluding hydrogens is 490 g/mol. The van der Waals surface area contributed by atoms with Gasteiger partial charge in [-0.1, -0.05) is 63.4 Å². The maximum absolute atomic E-state index is 11.0. The fourth-order valence-electron chi connectivity index (χ4n) is 5.19. The number of ether oxygens (including phenoxy) is 2. The SMILES string of the molecule is CCCCCN1CCN(CC(O)C2COc3ccccc3O2)CC1.CCCCN(C=O)c1c(C)cccc1C. The van der Waals surface area contributed by atoms with Crippen LogP contribution in [0.25, 0.3) is 0 Å². The zero-order valence-electron chi connectivity index (χ0n) is 24.5. The highest BCUT2D eigenvalue weighted by atomic mass is 16.6. The summed E-state index contributed by atoms with van der Waals surface area (Å²) in [5, 5.41) is 10.5. The molecule has 7 heteroatoms. The van der Waals surface area contributed by atoms with Gasteiger partial charge in [0.05, 0.1) is 0 Å². The van der Waals surface area contributed by atoms with E-state index in [1.54, 1.807) is 0 Å². The van der Waals surface area contributed by atoms with Crippen LogP contribution in [0.3, 0.4) is 0 Å². The molecule has 7 nitrogen and oxygen atoms in total. The summed E-state index contributed by atoms with van der Waals surface area (Å²) in [5.41, 5.74) is 3.40. The molecule has 1 fully saturated rings. The molecule has 2 unspecified atom stereocenters. The summed E-state index contributed by atoms with van der Waals surface area (Å²) in [5.74, 6) is 1.50. The Hall–Kier alpha value is -2.61. The lowest BCUT2D eigenvalue weighted by Crippen LogP contribution is -2.52. The monoisotopic (exact) mass is 539 g/mol. The lowest BCUT2D eigenvalue weighted by molar-refractivity contribution is -0.107. The number of nitrogens with zero attached hydrogens (tertiary/aromatic N) is 3. The molecule has 1 amide bonds. The number of fused-ring (bicyclic) bond motifs is 1. The van der Waals surface area contributed by atoms with Crippen molar-refractivity contribution in [2.45, 2.75) is 72.0 Å². The number of aliphatic hydroxyl groups excluding tert-OH is 1. The summed E-state index contributed by atoms with van der Waals surface area (Å²) >= 11 is 0. The van der Waals surface area contributed by atoms with Gasteiger partial charge in [0.25, 0.3) is 0 Å². The van der Waals surface area contributed by atoms with Crippen molar-refractivity contribution >= 4 is 12.1 Å². The number of aryl methyl sites for hydroxylation is 2. The summed E-state index contributed by atoms with van der Waals surface area (Å²) < 4.78 is 11.6. The second-order valence-corrected chi connectivity index (χ2v) is 10.7. The standard InChI is InChI=1S/C19H30N2O3.C13H19NO/c1-2-3-6-9-20-10-12-21(13-11-20)14-16(22)19-15-23-17-7-4-5-8-18(17)24-19;1-4-5-9-14(10-15)13-11(2)7-6-8-12(13)3/h4-5,7-8,16,19,22H,2-3,6,9-15H2,1H3;6-8,10H,4-5,9H2,1-3H3. The number of amides is 1. The molecule has 1 N–H and O–H groups in total. The number of carbonyl (C=O) groups is 1. The van der Waals surface area contributed by atoms with Gasteiger partial charge in [-0.25, -0.2) is 0 Å². The van der Waals surface area contributed by atoms with Crippen LogP contribution in [0.1, 0.15) is 57.1 Å². The molecule has 2 aromatic rings. The number of hydrogen-bond acceptors (Lipinski definition) is 6. The fourth-order valence-corrected chi connectivity index (χ4v) is 5.19. The minimum absolute atomic E-state index is 0.289. The number of aliphatic hydroxyl groups is 1. The Morgan fingerprint density at radius 3 is 2.21 bits per heavy atom. The molecule has 39 heavy (non-hydrogen) atoms. The molecule has 0 bridgehead atoms. The first-order valence-corrected chi connectivity index (χ1v) is 14.8. The van der Waals surface area contributed by atoms with Gasteiger partial charge in [0, 0.05) is 45.0 Å². The van der Waals surface area contributed by atoms with E-state index in [1.165, 1.54) is 36.9 Å². The Bertz CT molecular complexity index is 973. The van der Waals surface area contributed by atoms with Crippen LogP contribution >= 0.6 is 0 Å². The maximum Gasteiger partial charge on any atom is 0.214 e. The number of anilines is 1. The molecular formula is C32H49N3O4. The van der Waals surface area contributed by atoms with E-state index in [0.717, 1.165) is 69.2 Å². The average molecular weight is 540 g/mol. The fraction of sp³-hybridized carbons (Fsp3) is 0.594. The molecule has 0 aliphatic carbocycles. The summed E-state index contributed by atoms with van der Waals surface area (Å²) in [6.07, 6.45) is 6.17. The Balaban J connectivity index is 0.000000242. The first-order valence-electron chi connectivity index (χ1n) is 14.8. The third-order valence-corrected chi connectivity index (χ3v) is 7.55. The molecule has 0 aromatic heterocycles. The first-order chi connectivity index (χ1) is 19.0. The van der Waals surface area contributed by atoms with Crippen molar-refractivity contribution in [2.24, 2.45) is 0 Å². The van der Waals surface area contributed by atoms with E-state index < -0.39 is 6.10 Å². The Morgan fingerprint density at radius 2 is 1.56 bits per heavy atom. The van der Waals surface area contributed by atoms with Crippen LogP contribution in [0.2, 0.25) is 0 Å². The van der Waals surface area contributed by atoms with E-state index in [9.17, 15) is 9.90 Å². The number of benzene rings is 2. The molecule has 2 heterocycles. The van der Waals surface area contributed by atoms with Gasteiger partial charge in [-0.2, -0.15) is 0 Å². The van der Waals surface area contributed by atoms with E-state index in [4.69, 9.17) is 9.47 Å². The third kappa shape index (κ3) is 9.52. The molecule has 2 aliphatic rings. The Kier molecular flexibility index (Phi) is 13.1. The molecule has 0 spiro atoms. The van der Waals surface area contributed by atoms with Crippen molar-refractivity contribution in [1.82, 2.24) is 9.80 Å². The number of β-amino-alcohol motifs (C(OH)–C–C–N with tert-alkyl or cyclic N) is 1. The second-order valence-electron chi connectivity index (χ2n) is 10.7. The summed E-state index contributed by atoms with van der Waals surface area (Å²) in [6.45, 7) is 15.8. The molecule has 1 saturated heterocycles. The van der Waals surface area contributed by atoms with E-state index in [2.05, 4.69) is 23.6 Å². The maximum atomic E-state index is 11.0. The number of rotatable bonds is 12. The molecule has 0 saturated carbocycles.